The van der Waals surface area contributed by atoms with Crippen molar-refractivity contribution in [1.29, 1.82) is 0 Å². The highest BCUT2D eigenvalue weighted by atomic mass is 35.5. The van der Waals surface area contributed by atoms with Gasteiger partial charge in [-0.25, -0.2) is 0 Å². The van der Waals surface area contributed by atoms with Crippen LogP contribution in [0, 0.1) is 10.1 Å². The minimum Gasteiger partial charge on any atom is -0.463 e. The largest absolute Gasteiger partial charge is 0.463 e. The normalized spacial score (nSPS) is 11.1. The number of benzene rings is 1. The molecule has 0 radical (unpaired) electrons. The molecule has 5 nitrogen and oxygen atoms in total. The number of hydrogen-bond donors (Lipinski definition) is 0. The predicted molar refractivity (Wildman–Crippen MR) is 63.5 cm³/mol. The Kier molecular flexibility index (Phi) is 2.93. The molecule has 0 fully saturated rings. The minimum absolute atomic E-state index is 0.108. The molecule has 2 aromatic rings. The summed E-state index contributed by atoms with van der Waals surface area (Å²) in [6.07, 6.45) is 2.95. The molecule has 1 aromatic heterocycles. The lowest BCUT2D eigenvalue weighted by Gasteiger charge is -1.98. The van der Waals surface area contributed by atoms with Crippen molar-refractivity contribution in [1.82, 2.24) is 0 Å². The summed E-state index contributed by atoms with van der Waals surface area (Å²) in [7, 11) is 0. The zero-order chi connectivity index (χ0) is 12.4. The zero-order valence-corrected chi connectivity index (χ0v) is 9.18. The van der Waals surface area contributed by atoms with E-state index in [1.807, 2.05) is 0 Å². The van der Waals surface area contributed by atoms with E-state index in [9.17, 15) is 14.9 Å². The van der Waals surface area contributed by atoms with E-state index in [1.54, 1.807) is 12.1 Å². The molecule has 0 bridgehead atoms. The van der Waals surface area contributed by atoms with Crippen LogP contribution in [0.1, 0.15) is 5.56 Å². The first kappa shape index (κ1) is 11.3. The second-order valence-corrected chi connectivity index (χ2v) is 3.70. The summed E-state index contributed by atoms with van der Waals surface area (Å²) < 4.78 is 5.18. The maximum Gasteiger partial charge on any atom is 0.235 e. The van der Waals surface area contributed by atoms with Crippen molar-refractivity contribution in [2.24, 2.45) is 0 Å². The Hall–Kier alpha value is -2.14. The molecule has 0 saturated heterocycles. The number of halogens is 1. The highest BCUT2D eigenvalue weighted by Crippen LogP contribution is 2.17. The molecular formula is C11H6ClNO4. The van der Waals surface area contributed by atoms with Crippen LogP contribution < -0.4 is 5.43 Å². The fraction of sp³-hybridized carbons (Fsp3) is 0. The van der Waals surface area contributed by atoms with Crippen molar-refractivity contribution in [3.8, 4) is 0 Å². The molecule has 0 spiro atoms. The van der Waals surface area contributed by atoms with Crippen LogP contribution >= 0.6 is 11.6 Å². The first-order valence-corrected chi connectivity index (χ1v) is 4.98. The molecule has 2 rings (SSSR count). The van der Waals surface area contributed by atoms with Crippen LogP contribution in [0.3, 0.4) is 0 Å². The average Bonchev–Trinajstić information content (AvgIpc) is 2.29. The molecule has 86 valence electrons. The van der Waals surface area contributed by atoms with Gasteiger partial charge in [0.2, 0.25) is 6.20 Å². The van der Waals surface area contributed by atoms with Crippen LogP contribution in [0.5, 0.6) is 0 Å². The molecule has 0 unspecified atom stereocenters. The fourth-order valence-electron chi connectivity index (χ4n) is 1.37. The Bertz CT molecular complexity index is 675. The van der Waals surface area contributed by atoms with E-state index in [2.05, 4.69) is 0 Å². The van der Waals surface area contributed by atoms with Gasteiger partial charge in [-0.1, -0.05) is 11.6 Å². The third-order valence-electron chi connectivity index (χ3n) is 2.14. The van der Waals surface area contributed by atoms with Crippen LogP contribution in [0.25, 0.3) is 17.0 Å². The summed E-state index contributed by atoms with van der Waals surface area (Å²) in [6.45, 7) is 0. The molecule has 0 aliphatic carbocycles. The number of nitro groups is 1. The van der Waals surface area contributed by atoms with Crippen molar-refractivity contribution in [3.05, 3.63) is 61.6 Å². The Balaban J connectivity index is 2.65. The highest BCUT2D eigenvalue weighted by Gasteiger charge is 2.06. The summed E-state index contributed by atoms with van der Waals surface area (Å²) in [4.78, 5) is 21.4. The van der Waals surface area contributed by atoms with Crippen LogP contribution in [0.15, 0.2) is 39.9 Å². The lowest BCUT2D eigenvalue weighted by molar-refractivity contribution is -0.400. The molecule has 0 amide bonds. The third-order valence-corrected chi connectivity index (χ3v) is 2.37. The van der Waals surface area contributed by atoms with E-state index < -0.39 is 4.92 Å². The van der Waals surface area contributed by atoms with E-state index in [0.29, 0.717) is 22.2 Å². The zero-order valence-electron chi connectivity index (χ0n) is 8.42. The van der Waals surface area contributed by atoms with Gasteiger partial charge < -0.3 is 4.42 Å². The van der Waals surface area contributed by atoms with Crippen molar-refractivity contribution >= 4 is 28.6 Å². The highest BCUT2D eigenvalue weighted by molar-refractivity contribution is 6.31. The van der Waals surface area contributed by atoms with Gasteiger partial charge in [-0.2, -0.15) is 0 Å². The summed E-state index contributed by atoms with van der Waals surface area (Å²) in [5, 5.41) is 10.9. The Morgan fingerprint density at radius 2 is 2.18 bits per heavy atom. The second-order valence-electron chi connectivity index (χ2n) is 3.26. The number of hydrogen-bond acceptors (Lipinski definition) is 4. The van der Waals surface area contributed by atoms with Gasteiger partial charge in [0, 0.05) is 11.1 Å². The van der Waals surface area contributed by atoms with Gasteiger partial charge in [-0.3, -0.25) is 14.9 Å². The summed E-state index contributed by atoms with van der Waals surface area (Å²) in [5.41, 5.74) is 0.140. The van der Waals surface area contributed by atoms with Crippen molar-refractivity contribution < 1.29 is 9.34 Å². The van der Waals surface area contributed by atoms with Gasteiger partial charge in [0.25, 0.3) is 0 Å². The van der Waals surface area contributed by atoms with Gasteiger partial charge in [0.1, 0.15) is 11.8 Å². The van der Waals surface area contributed by atoms with Crippen molar-refractivity contribution in [2.75, 3.05) is 0 Å². The lowest BCUT2D eigenvalue weighted by atomic mass is 10.2. The second kappa shape index (κ2) is 4.39. The van der Waals surface area contributed by atoms with Gasteiger partial charge >= 0.3 is 0 Å². The van der Waals surface area contributed by atoms with E-state index in [-0.39, 0.29) is 11.0 Å². The molecule has 1 aromatic carbocycles. The molecule has 0 saturated carbocycles. The number of nitrogens with zero attached hydrogens (tertiary/aromatic N) is 1. The maximum absolute atomic E-state index is 11.9. The molecule has 0 atom stereocenters. The first-order valence-electron chi connectivity index (χ1n) is 4.60. The Morgan fingerprint density at radius 1 is 1.41 bits per heavy atom. The molecule has 1 heterocycles. The summed E-state index contributed by atoms with van der Waals surface area (Å²) in [5.74, 6) is 0. The Labute approximate surface area is 100 Å². The van der Waals surface area contributed by atoms with E-state index >= 15 is 0 Å². The molecule has 0 aliphatic rings. The summed E-state index contributed by atoms with van der Waals surface area (Å²) in [6, 6.07) is 4.63. The minimum atomic E-state index is -0.651. The first-order chi connectivity index (χ1) is 8.08. The standard InChI is InChI=1S/C11H6ClNO4/c12-8-1-2-10-9(5-8)11(14)7(6-17-10)3-4-13(15)16/h1-6H/b4-3+. The topological polar surface area (TPSA) is 73.3 Å². The maximum atomic E-state index is 11.9. The third kappa shape index (κ3) is 2.34. The van der Waals surface area contributed by atoms with Gasteiger partial charge in [0.15, 0.2) is 5.43 Å². The molecule has 17 heavy (non-hydrogen) atoms. The van der Waals surface area contributed by atoms with E-state index in [4.69, 9.17) is 16.0 Å². The Morgan fingerprint density at radius 3 is 2.88 bits per heavy atom. The average molecular weight is 252 g/mol. The lowest BCUT2D eigenvalue weighted by Crippen LogP contribution is -2.04. The molecule has 0 aliphatic heterocycles. The molecular weight excluding hydrogens is 246 g/mol. The van der Waals surface area contributed by atoms with Crippen LogP contribution in [-0.4, -0.2) is 4.92 Å². The van der Waals surface area contributed by atoms with Gasteiger partial charge in [-0.05, 0) is 18.2 Å². The number of rotatable bonds is 2. The quantitative estimate of drug-likeness (QED) is 0.608. The fourth-order valence-corrected chi connectivity index (χ4v) is 1.55. The molecule has 0 N–H and O–H groups in total. The van der Waals surface area contributed by atoms with Gasteiger partial charge in [0.05, 0.1) is 15.9 Å². The summed E-state index contributed by atoms with van der Waals surface area (Å²) >= 11 is 5.76. The van der Waals surface area contributed by atoms with Crippen molar-refractivity contribution in [3.63, 3.8) is 0 Å². The van der Waals surface area contributed by atoms with Crippen LogP contribution in [-0.2, 0) is 0 Å². The van der Waals surface area contributed by atoms with Crippen molar-refractivity contribution in [2.45, 2.75) is 0 Å². The van der Waals surface area contributed by atoms with Crippen LogP contribution in [0.4, 0.5) is 0 Å². The smallest absolute Gasteiger partial charge is 0.235 e. The van der Waals surface area contributed by atoms with E-state index in [1.165, 1.54) is 12.3 Å². The monoisotopic (exact) mass is 251 g/mol. The van der Waals surface area contributed by atoms with Crippen LogP contribution in [0.2, 0.25) is 5.02 Å². The SMILES string of the molecule is O=c1c(/C=C/[N+](=O)[O-])coc2ccc(Cl)cc12. The van der Waals surface area contributed by atoms with Gasteiger partial charge in [-0.15, -0.1) is 0 Å². The predicted octanol–water partition coefficient (Wildman–Crippen LogP) is 2.69. The van der Waals surface area contributed by atoms with E-state index in [0.717, 1.165) is 6.08 Å². The molecule has 6 heteroatoms. The number of fused-ring (bicyclic) bond motifs is 1.